The Labute approximate surface area is 201 Å². The summed E-state index contributed by atoms with van der Waals surface area (Å²) < 4.78 is 28.3. The Morgan fingerprint density at radius 3 is 2.00 bits per heavy atom. The van der Waals surface area contributed by atoms with Crippen LogP contribution in [0.25, 0.3) is 11.3 Å². The normalized spacial score (nSPS) is 10.9. The van der Waals surface area contributed by atoms with Crippen molar-refractivity contribution in [2.45, 2.75) is 43.5 Å². The minimum atomic E-state index is -3.68. The van der Waals surface area contributed by atoms with Gasteiger partial charge in [0.2, 0.25) is 9.84 Å². The maximum absolute atomic E-state index is 13.3. The number of sulfone groups is 1. The van der Waals surface area contributed by atoms with Gasteiger partial charge in [-0.05, 0) is 47.9 Å². The van der Waals surface area contributed by atoms with Crippen molar-refractivity contribution in [3.8, 4) is 11.3 Å². The first kappa shape index (κ1) is 25.0. The monoisotopic (exact) mass is 475 g/mol. The molecule has 1 N–H and O–H groups in total. The summed E-state index contributed by atoms with van der Waals surface area (Å²) in [5, 5.41) is 9.44. The molecule has 0 unspecified atom stereocenters. The van der Waals surface area contributed by atoms with E-state index >= 15 is 0 Å². The highest BCUT2D eigenvalue weighted by Crippen LogP contribution is 2.30. The van der Waals surface area contributed by atoms with Crippen LogP contribution in [0.5, 0.6) is 0 Å². The number of carboxylic acid groups (broad SMARTS) is 1. The average Bonchev–Trinajstić information content (AvgIpc) is 3.16. The minimum absolute atomic E-state index is 0.167. The summed E-state index contributed by atoms with van der Waals surface area (Å²) in [4.78, 5) is 12.0. The van der Waals surface area contributed by atoms with Crippen LogP contribution >= 0.6 is 0 Å². The molecule has 0 fully saturated rings. The molecule has 4 aromatic rings. The van der Waals surface area contributed by atoms with Gasteiger partial charge in [-0.25, -0.2) is 8.42 Å². The highest BCUT2D eigenvalue weighted by molar-refractivity contribution is 7.91. The van der Waals surface area contributed by atoms with Crippen LogP contribution in [-0.2, 0) is 27.6 Å². The lowest BCUT2D eigenvalue weighted by Gasteiger charge is -2.12. The number of nitrogens with zero attached hydrogens (tertiary/aromatic N) is 1. The number of aliphatic carboxylic acids is 1. The molecule has 1 heterocycles. The van der Waals surface area contributed by atoms with Crippen LogP contribution in [0.15, 0.2) is 101 Å². The van der Waals surface area contributed by atoms with Crippen LogP contribution in [0, 0.1) is 6.92 Å². The van der Waals surface area contributed by atoms with Crippen molar-refractivity contribution in [2.75, 3.05) is 0 Å². The van der Waals surface area contributed by atoms with Crippen molar-refractivity contribution < 1.29 is 18.3 Å². The number of hydrogen-bond donors (Lipinski definition) is 1. The number of benzene rings is 3. The predicted molar refractivity (Wildman–Crippen MR) is 135 cm³/mol. The van der Waals surface area contributed by atoms with Crippen molar-refractivity contribution >= 4 is 15.8 Å². The molecule has 176 valence electrons. The Bertz CT molecular complexity index is 1360. The standard InChI is InChI=1S/C26H23NO4S.C2H6/c1-19-22(17-24(27(19)18-26(28)29)20-10-4-2-5-11-20)16-21-12-8-9-15-25(21)32(30,31)23-13-6-3-7-14-23;1-2/h2-15,17H,16,18H2,1H3,(H,28,29);1-2H3. The largest absolute Gasteiger partial charge is 0.480 e. The van der Waals surface area contributed by atoms with E-state index in [-0.39, 0.29) is 16.3 Å². The van der Waals surface area contributed by atoms with Crippen molar-refractivity contribution in [3.05, 3.63) is 108 Å². The highest BCUT2D eigenvalue weighted by atomic mass is 32.2. The summed E-state index contributed by atoms with van der Waals surface area (Å²) in [6.45, 7) is 5.71. The summed E-state index contributed by atoms with van der Waals surface area (Å²) in [7, 11) is -3.68. The van der Waals surface area contributed by atoms with E-state index < -0.39 is 15.8 Å². The van der Waals surface area contributed by atoms with E-state index in [1.165, 1.54) is 0 Å². The lowest BCUT2D eigenvalue weighted by molar-refractivity contribution is -0.137. The smallest absolute Gasteiger partial charge is 0.323 e. The molecule has 0 saturated heterocycles. The molecule has 0 atom stereocenters. The van der Waals surface area contributed by atoms with Gasteiger partial charge >= 0.3 is 5.97 Å². The van der Waals surface area contributed by atoms with Gasteiger partial charge in [0, 0.05) is 17.8 Å². The van der Waals surface area contributed by atoms with Crippen LogP contribution in [0.3, 0.4) is 0 Å². The average molecular weight is 476 g/mol. The van der Waals surface area contributed by atoms with E-state index in [1.54, 1.807) is 47.0 Å². The van der Waals surface area contributed by atoms with Crippen molar-refractivity contribution in [1.82, 2.24) is 4.57 Å². The fraction of sp³-hybridized carbons (Fsp3) is 0.179. The van der Waals surface area contributed by atoms with E-state index in [1.807, 2.05) is 69.3 Å². The van der Waals surface area contributed by atoms with Gasteiger partial charge in [0.15, 0.2) is 0 Å². The van der Waals surface area contributed by atoms with Crippen LogP contribution < -0.4 is 0 Å². The van der Waals surface area contributed by atoms with Crippen molar-refractivity contribution in [1.29, 1.82) is 0 Å². The third-order valence-corrected chi connectivity index (χ3v) is 7.40. The molecule has 0 saturated carbocycles. The molecule has 0 aliphatic heterocycles. The van der Waals surface area contributed by atoms with Crippen molar-refractivity contribution in [3.63, 3.8) is 0 Å². The van der Waals surface area contributed by atoms with Crippen molar-refractivity contribution in [2.24, 2.45) is 0 Å². The SMILES string of the molecule is CC.Cc1c(Cc2ccccc2S(=O)(=O)c2ccccc2)cc(-c2ccccc2)n1CC(=O)O. The Morgan fingerprint density at radius 1 is 0.824 bits per heavy atom. The van der Waals surface area contributed by atoms with Gasteiger partial charge in [0.25, 0.3) is 0 Å². The van der Waals surface area contributed by atoms with Crippen LogP contribution in [-0.4, -0.2) is 24.1 Å². The number of aromatic nitrogens is 1. The topological polar surface area (TPSA) is 76.4 Å². The van der Waals surface area contributed by atoms with Crippen LogP contribution in [0.1, 0.15) is 30.7 Å². The van der Waals surface area contributed by atoms with Gasteiger partial charge in [-0.2, -0.15) is 0 Å². The molecule has 0 aliphatic carbocycles. The van der Waals surface area contributed by atoms with Gasteiger partial charge < -0.3 is 9.67 Å². The molecular weight excluding hydrogens is 446 g/mol. The van der Waals surface area contributed by atoms with E-state index in [4.69, 9.17) is 0 Å². The van der Waals surface area contributed by atoms with E-state index in [2.05, 4.69) is 0 Å². The summed E-state index contributed by atoms with van der Waals surface area (Å²) in [6, 6.07) is 26.9. The molecule has 3 aromatic carbocycles. The number of hydrogen-bond acceptors (Lipinski definition) is 3. The Balaban J connectivity index is 0.00000158. The zero-order chi connectivity index (χ0) is 24.7. The zero-order valence-electron chi connectivity index (χ0n) is 19.6. The summed E-state index contributed by atoms with van der Waals surface area (Å²) in [5.74, 6) is -0.931. The van der Waals surface area contributed by atoms with E-state index in [0.717, 1.165) is 22.5 Å². The van der Waals surface area contributed by atoms with Gasteiger partial charge in [-0.1, -0.05) is 80.6 Å². The third kappa shape index (κ3) is 5.29. The Kier molecular flexibility index (Phi) is 8.08. The quantitative estimate of drug-likeness (QED) is 0.356. The number of carboxylic acids is 1. The van der Waals surface area contributed by atoms with Crippen LogP contribution in [0.2, 0.25) is 0 Å². The fourth-order valence-electron chi connectivity index (χ4n) is 3.91. The molecule has 0 radical (unpaired) electrons. The van der Waals surface area contributed by atoms with Gasteiger partial charge in [0.1, 0.15) is 6.54 Å². The molecule has 4 rings (SSSR count). The summed E-state index contributed by atoms with van der Waals surface area (Å²) in [5.41, 5.74) is 4.07. The molecule has 6 heteroatoms. The molecule has 0 bridgehead atoms. The Morgan fingerprint density at radius 2 is 1.38 bits per heavy atom. The molecule has 0 spiro atoms. The molecular formula is C28H29NO4S. The molecule has 0 aliphatic rings. The maximum Gasteiger partial charge on any atom is 0.323 e. The highest BCUT2D eigenvalue weighted by Gasteiger charge is 2.22. The predicted octanol–water partition coefficient (Wildman–Crippen LogP) is 6.00. The van der Waals surface area contributed by atoms with E-state index in [9.17, 15) is 18.3 Å². The third-order valence-electron chi connectivity index (χ3n) is 5.53. The van der Waals surface area contributed by atoms with Crippen LogP contribution in [0.4, 0.5) is 0 Å². The zero-order valence-corrected chi connectivity index (χ0v) is 20.4. The molecule has 0 amide bonds. The molecule has 34 heavy (non-hydrogen) atoms. The Hall–Kier alpha value is -3.64. The first-order chi connectivity index (χ1) is 16.4. The first-order valence-electron chi connectivity index (χ1n) is 11.2. The number of rotatable bonds is 7. The summed E-state index contributed by atoms with van der Waals surface area (Å²) >= 11 is 0. The fourth-order valence-corrected chi connectivity index (χ4v) is 5.42. The van der Waals surface area contributed by atoms with E-state index in [0.29, 0.717) is 12.0 Å². The molecule has 5 nitrogen and oxygen atoms in total. The van der Waals surface area contributed by atoms with Gasteiger partial charge in [0.05, 0.1) is 9.79 Å². The maximum atomic E-state index is 13.3. The number of carbonyl (C=O) groups is 1. The lowest BCUT2D eigenvalue weighted by Crippen LogP contribution is -2.11. The molecule has 1 aromatic heterocycles. The second-order valence-corrected chi connectivity index (χ2v) is 9.51. The summed E-state index contributed by atoms with van der Waals surface area (Å²) in [6.07, 6.45) is 0.376. The minimum Gasteiger partial charge on any atom is -0.480 e. The second-order valence-electron chi connectivity index (χ2n) is 7.59. The van der Waals surface area contributed by atoms with Gasteiger partial charge in [-0.15, -0.1) is 0 Å². The first-order valence-corrected chi connectivity index (χ1v) is 12.7. The second kappa shape index (κ2) is 11.0. The van der Waals surface area contributed by atoms with Gasteiger partial charge in [-0.3, -0.25) is 4.79 Å². The lowest BCUT2D eigenvalue weighted by atomic mass is 10.0.